The second kappa shape index (κ2) is 8.73. The molecule has 0 N–H and O–H groups in total. The normalized spacial score (nSPS) is 15.1. The van der Waals surface area contributed by atoms with E-state index in [0.29, 0.717) is 27.7 Å². The number of imide groups is 1. The highest BCUT2D eigenvalue weighted by atomic mass is 32.2. The van der Waals surface area contributed by atoms with Crippen LogP contribution < -0.4 is 14.2 Å². The molecule has 0 atom stereocenters. The molecule has 3 aromatic rings. The van der Waals surface area contributed by atoms with Gasteiger partial charge in [0.05, 0.1) is 32.8 Å². The molecule has 158 valence electrons. The van der Waals surface area contributed by atoms with Crippen LogP contribution in [0.3, 0.4) is 0 Å². The van der Waals surface area contributed by atoms with Crippen molar-refractivity contribution >= 4 is 39.8 Å². The number of amides is 2. The van der Waals surface area contributed by atoms with E-state index in [-0.39, 0.29) is 17.7 Å². The summed E-state index contributed by atoms with van der Waals surface area (Å²) in [4.78, 5) is 27.3. The van der Waals surface area contributed by atoms with Crippen LogP contribution in [-0.2, 0) is 11.3 Å². The summed E-state index contributed by atoms with van der Waals surface area (Å²) in [5.41, 5.74) is 1.54. The van der Waals surface area contributed by atoms with Crippen LogP contribution >= 0.6 is 11.8 Å². The van der Waals surface area contributed by atoms with Crippen LogP contribution in [0, 0.1) is 0 Å². The third kappa shape index (κ3) is 3.84. The summed E-state index contributed by atoms with van der Waals surface area (Å²) in [7, 11) is 4.57. The molecule has 2 amide bonds. The number of fused-ring (bicyclic) bond motifs is 1. The van der Waals surface area contributed by atoms with Crippen LogP contribution in [0.1, 0.15) is 11.1 Å². The number of methoxy groups -OCH3 is 3. The predicted molar refractivity (Wildman–Crippen MR) is 122 cm³/mol. The first-order chi connectivity index (χ1) is 15.1. The summed E-state index contributed by atoms with van der Waals surface area (Å²) in [5.74, 6) is 1.04. The fourth-order valence-electron chi connectivity index (χ4n) is 3.62. The Labute approximate surface area is 184 Å². The van der Waals surface area contributed by atoms with E-state index in [9.17, 15) is 9.59 Å². The lowest BCUT2D eigenvalue weighted by atomic mass is 10.0. The van der Waals surface area contributed by atoms with Crippen LogP contribution in [0.5, 0.6) is 17.2 Å². The van der Waals surface area contributed by atoms with Crippen molar-refractivity contribution in [2.24, 2.45) is 0 Å². The Morgan fingerprint density at radius 1 is 0.871 bits per heavy atom. The predicted octanol–water partition coefficient (Wildman–Crippen LogP) is 5.10. The Morgan fingerprint density at radius 3 is 2.35 bits per heavy atom. The van der Waals surface area contributed by atoms with E-state index in [1.165, 1.54) is 26.2 Å². The second-order valence-corrected chi connectivity index (χ2v) is 7.82. The molecule has 0 aliphatic carbocycles. The van der Waals surface area contributed by atoms with E-state index in [2.05, 4.69) is 0 Å². The van der Waals surface area contributed by atoms with E-state index in [1.807, 2.05) is 42.5 Å². The van der Waals surface area contributed by atoms with Gasteiger partial charge in [0.15, 0.2) is 11.5 Å². The average molecular weight is 436 g/mol. The van der Waals surface area contributed by atoms with Crippen LogP contribution in [-0.4, -0.2) is 37.4 Å². The molecule has 1 heterocycles. The van der Waals surface area contributed by atoms with Gasteiger partial charge in [-0.25, -0.2) is 0 Å². The number of carbonyl (C=O) groups excluding carboxylic acids is 2. The lowest BCUT2D eigenvalue weighted by Crippen LogP contribution is -2.27. The van der Waals surface area contributed by atoms with Crippen molar-refractivity contribution in [1.82, 2.24) is 4.90 Å². The third-order valence-electron chi connectivity index (χ3n) is 5.10. The smallest absolute Gasteiger partial charge is 0.293 e. The zero-order chi connectivity index (χ0) is 22.0. The Balaban J connectivity index is 1.67. The van der Waals surface area contributed by atoms with Gasteiger partial charge in [-0.15, -0.1) is 0 Å². The molecule has 1 fully saturated rings. The van der Waals surface area contributed by atoms with Crippen molar-refractivity contribution < 1.29 is 23.8 Å². The lowest BCUT2D eigenvalue weighted by Gasteiger charge is -2.15. The third-order valence-corrected chi connectivity index (χ3v) is 6.01. The first-order valence-electron chi connectivity index (χ1n) is 9.58. The molecule has 7 heteroatoms. The Hall–Kier alpha value is -3.45. The quantitative estimate of drug-likeness (QED) is 0.502. The van der Waals surface area contributed by atoms with E-state index >= 15 is 0 Å². The zero-order valence-electron chi connectivity index (χ0n) is 17.4. The standard InChI is InChI=1S/C24H21NO5S/c1-28-19-12-11-16(21(29-2)22(19)30-3)13-20-23(26)25(24(27)31-20)14-17-9-6-8-15-7-4-5-10-18(15)17/h4-13H,14H2,1-3H3/b20-13-. The van der Waals surface area contributed by atoms with Crippen molar-refractivity contribution in [1.29, 1.82) is 0 Å². The molecule has 0 bridgehead atoms. The van der Waals surface area contributed by atoms with E-state index < -0.39 is 0 Å². The molecule has 1 saturated heterocycles. The molecular formula is C24H21NO5S. The van der Waals surface area contributed by atoms with Gasteiger partial charge in [-0.1, -0.05) is 42.5 Å². The van der Waals surface area contributed by atoms with Crippen molar-refractivity contribution in [3.05, 3.63) is 70.6 Å². The van der Waals surface area contributed by atoms with Gasteiger partial charge in [0.1, 0.15) is 0 Å². The van der Waals surface area contributed by atoms with Gasteiger partial charge in [-0.3, -0.25) is 14.5 Å². The van der Waals surface area contributed by atoms with Crippen molar-refractivity contribution in [2.75, 3.05) is 21.3 Å². The minimum absolute atomic E-state index is 0.215. The Morgan fingerprint density at radius 2 is 1.61 bits per heavy atom. The molecule has 1 aliphatic heterocycles. The van der Waals surface area contributed by atoms with Gasteiger partial charge in [0.25, 0.3) is 11.1 Å². The van der Waals surface area contributed by atoms with Gasteiger partial charge in [0, 0.05) is 5.56 Å². The second-order valence-electron chi connectivity index (χ2n) is 6.83. The number of hydrogen-bond donors (Lipinski definition) is 0. The Bertz CT molecular complexity index is 1200. The zero-order valence-corrected chi connectivity index (χ0v) is 18.2. The maximum atomic E-state index is 13.1. The molecule has 0 aromatic heterocycles. The summed E-state index contributed by atoms with van der Waals surface area (Å²) in [5, 5.41) is 1.79. The summed E-state index contributed by atoms with van der Waals surface area (Å²) in [6.07, 6.45) is 1.65. The highest BCUT2D eigenvalue weighted by Crippen LogP contribution is 2.42. The van der Waals surface area contributed by atoms with Crippen LogP contribution in [0.2, 0.25) is 0 Å². The van der Waals surface area contributed by atoms with Gasteiger partial charge >= 0.3 is 0 Å². The minimum atomic E-state index is -0.334. The van der Waals surface area contributed by atoms with Crippen LogP contribution in [0.25, 0.3) is 16.8 Å². The molecular weight excluding hydrogens is 414 g/mol. The van der Waals surface area contributed by atoms with Crippen molar-refractivity contribution in [2.45, 2.75) is 6.54 Å². The fraction of sp³-hybridized carbons (Fsp3) is 0.167. The van der Waals surface area contributed by atoms with Gasteiger partial charge in [0.2, 0.25) is 5.75 Å². The number of rotatable bonds is 6. The molecule has 0 unspecified atom stereocenters. The highest BCUT2D eigenvalue weighted by Gasteiger charge is 2.35. The van der Waals surface area contributed by atoms with E-state index in [1.54, 1.807) is 18.2 Å². The van der Waals surface area contributed by atoms with Gasteiger partial charge < -0.3 is 14.2 Å². The molecule has 0 spiro atoms. The first-order valence-corrected chi connectivity index (χ1v) is 10.4. The maximum Gasteiger partial charge on any atom is 0.293 e. The number of ether oxygens (including phenoxy) is 3. The molecule has 1 aliphatic rings. The molecule has 0 radical (unpaired) electrons. The maximum absolute atomic E-state index is 13.1. The topological polar surface area (TPSA) is 65.1 Å². The number of benzene rings is 3. The largest absolute Gasteiger partial charge is 0.493 e. The highest BCUT2D eigenvalue weighted by molar-refractivity contribution is 8.18. The van der Waals surface area contributed by atoms with Gasteiger partial charge in [-0.2, -0.15) is 0 Å². The SMILES string of the molecule is COc1ccc(/C=C2\SC(=O)N(Cc3cccc4ccccc34)C2=O)c(OC)c1OC. The minimum Gasteiger partial charge on any atom is -0.493 e. The molecule has 31 heavy (non-hydrogen) atoms. The summed E-state index contributed by atoms with van der Waals surface area (Å²) >= 11 is 0.915. The van der Waals surface area contributed by atoms with Gasteiger partial charge in [-0.05, 0) is 46.3 Å². The monoisotopic (exact) mass is 435 g/mol. The number of thioether (sulfide) groups is 1. The summed E-state index contributed by atoms with van der Waals surface area (Å²) < 4.78 is 16.2. The van der Waals surface area contributed by atoms with Crippen molar-refractivity contribution in [3.63, 3.8) is 0 Å². The molecule has 6 nitrogen and oxygen atoms in total. The van der Waals surface area contributed by atoms with Crippen molar-refractivity contribution in [3.8, 4) is 17.2 Å². The number of nitrogens with zero attached hydrogens (tertiary/aromatic N) is 1. The summed E-state index contributed by atoms with van der Waals surface area (Å²) in [6.45, 7) is 0.215. The van der Waals surface area contributed by atoms with E-state index in [0.717, 1.165) is 28.1 Å². The molecule has 4 rings (SSSR count). The fourth-order valence-corrected chi connectivity index (χ4v) is 4.45. The summed E-state index contributed by atoms with van der Waals surface area (Å²) in [6, 6.07) is 17.3. The first kappa shape index (κ1) is 20.8. The van der Waals surface area contributed by atoms with Crippen LogP contribution in [0.15, 0.2) is 59.5 Å². The number of carbonyl (C=O) groups is 2. The molecule has 0 saturated carbocycles. The Kier molecular flexibility index (Phi) is 5.86. The lowest BCUT2D eigenvalue weighted by molar-refractivity contribution is -0.123. The number of hydrogen-bond acceptors (Lipinski definition) is 6. The molecule has 3 aromatic carbocycles. The van der Waals surface area contributed by atoms with E-state index in [4.69, 9.17) is 14.2 Å². The van der Waals surface area contributed by atoms with Crippen LogP contribution in [0.4, 0.5) is 4.79 Å². The average Bonchev–Trinajstić information content (AvgIpc) is 3.06.